The molecule has 144 valence electrons. The van der Waals surface area contributed by atoms with E-state index in [9.17, 15) is 8.42 Å². The highest BCUT2D eigenvalue weighted by Crippen LogP contribution is 2.30. The van der Waals surface area contributed by atoms with Crippen molar-refractivity contribution in [2.24, 2.45) is 0 Å². The van der Waals surface area contributed by atoms with E-state index in [1.165, 1.54) is 5.56 Å². The van der Waals surface area contributed by atoms with E-state index in [1.807, 2.05) is 25.1 Å². The lowest BCUT2D eigenvalue weighted by atomic mass is 10.0. The first-order valence-electron chi connectivity index (χ1n) is 9.18. The van der Waals surface area contributed by atoms with Gasteiger partial charge >= 0.3 is 0 Å². The molecule has 28 heavy (non-hydrogen) atoms. The Morgan fingerprint density at radius 1 is 0.929 bits per heavy atom. The normalized spacial score (nSPS) is 12.8. The van der Waals surface area contributed by atoms with E-state index in [1.54, 1.807) is 36.4 Å². The number of nitrogens with one attached hydrogen (secondary N) is 2. The fourth-order valence-corrected chi connectivity index (χ4v) is 4.20. The van der Waals surface area contributed by atoms with Crippen molar-refractivity contribution in [3.05, 3.63) is 83.4 Å². The maximum atomic E-state index is 12.5. The highest BCUT2D eigenvalue weighted by atomic mass is 32.2. The Balaban J connectivity index is 1.39. The second kappa shape index (κ2) is 7.56. The number of hydrogen-bond acceptors (Lipinski definition) is 4. The van der Waals surface area contributed by atoms with E-state index >= 15 is 0 Å². The number of anilines is 2. The van der Waals surface area contributed by atoms with Gasteiger partial charge in [0.1, 0.15) is 5.75 Å². The molecule has 0 aromatic heterocycles. The van der Waals surface area contributed by atoms with Crippen LogP contribution in [0, 0.1) is 6.92 Å². The monoisotopic (exact) mass is 394 g/mol. The smallest absolute Gasteiger partial charge is 0.261 e. The fraction of sp³-hybridized carbons (Fsp3) is 0.182. The van der Waals surface area contributed by atoms with E-state index in [4.69, 9.17) is 4.74 Å². The fourth-order valence-electron chi connectivity index (χ4n) is 3.14. The Labute approximate surface area is 165 Å². The second-order valence-electron chi connectivity index (χ2n) is 6.91. The summed E-state index contributed by atoms with van der Waals surface area (Å²) >= 11 is 0. The zero-order chi connectivity index (χ0) is 19.6. The molecule has 0 aliphatic carbocycles. The van der Waals surface area contributed by atoms with Gasteiger partial charge in [-0.3, -0.25) is 4.72 Å². The number of ether oxygens (including phenoxy) is 1. The van der Waals surface area contributed by atoms with Crippen molar-refractivity contribution in [2.75, 3.05) is 16.8 Å². The molecule has 0 unspecified atom stereocenters. The zero-order valence-electron chi connectivity index (χ0n) is 15.6. The molecular weight excluding hydrogens is 372 g/mol. The Kier molecular flexibility index (Phi) is 4.96. The molecule has 0 saturated heterocycles. The Hall–Kier alpha value is -2.99. The highest BCUT2D eigenvalue weighted by Gasteiger charge is 2.14. The largest absolute Gasteiger partial charge is 0.471 e. The van der Waals surface area contributed by atoms with Gasteiger partial charge < -0.3 is 10.1 Å². The molecule has 3 aromatic carbocycles. The van der Waals surface area contributed by atoms with Crippen molar-refractivity contribution in [2.45, 2.75) is 24.7 Å². The van der Waals surface area contributed by atoms with Crippen molar-refractivity contribution in [3.8, 4) is 5.75 Å². The van der Waals surface area contributed by atoms with Crippen LogP contribution in [0.4, 0.5) is 11.4 Å². The molecule has 3 aromatic rings. The van der Waals surface area contributed by atoms with Gasteiger partial charge in [-0.1, -0.05) is 35.9 Å². The van der Waals surface area contributed by atoms with Crippen molar-refractivity contribution < 1.29 is 13.2 Å². The SMILES string of the molecule is Cc1ccc(S(=O)(=O)Nc2ccc(CCc3ccc4c(c3)OCN4)cc2)cc1. The van der Waals surface area contributed by atoms with Gasteiger partial charge in [-0.2, -0.15) is 0 Å². The van der Waals surface area contributed by atoms with Crippen LogP contribution in [-0.4, -0.2) is 15.1 Å². The molecule has 0 radical (unpaired) electrons. The van der Waals surface area contributed by atoms with Gasteiger partial charge in [0.2, 0.25) is 0 Å². The summed E-state index contributed by atoms with van der Waals surface area (Å²) in [5.41, 5.74) is 4.98. The quantitative estimate of drug-likeness (QED) is 0.653. The zero-order valence-corrected chi connectivity index (χ0v) is 16.4. The lowest BCUT2D eigenvalue weighted by Gasteiger charge is -2.09. The van der Waals surface area contributed by atoms with Crippen LogP contribution in [-0.2, 0) is 22.9 Å². The van der Waals surface area contributed by atoms with Gasteiger partial charge in [0.25, 0.3) is 10.0 Å². The van der Waals surface area contributed by atoms with Crippen LogP contribution < -0.4 is 14.8 Å². The average Bonchev–Trinajstić information content (AvgIpc) is 3.15. The third-order valence-electron chi connectivity index (χ3n) is 4.78. The van der Waals surface area contributed by atoms with Crippen molar-refractivity contribution in [1.29, 1.82) is 0 Å². The van der Waals surface area contributed by atoms with Gasteiger partial charge in [-0.25, -0.2) is 8.42 Å². The third kappa shape index (κ3) is 4.12. The summed E-state index contributed by atoms with van der Waals surface area (Å²) in [4.78, 5) is 0.260. The molecule has 0 bridgehead atoms. The predicted octanol–water partition coefficient (Wildman–Crippen LogP) is 4.34. The molecule has 1 aliphatic heterocycles. The lowest BCUT2D eigenvalue weighted by molar-refractivity contribution is 0.372. The number of benzene rings is 3. The first-order chi connectivity index (χ1) is 13.5. The average molecular weight is 394 g/mol. The minimum Gasteiger partial charge on any atom is -0.471 e. The molecule has 0 saturated carbocycles. The minimum absolute atomic E-state index is 0.260. The van der Waals surface area contributed by atoms with Gasteiger partial charge in [0.05, 0.1) is 10.6 Å². The number of fused-ring (bicyclic) bond motifs is 1. The molecule has 2 N–H and O–H groups in total. The molecule has 4 rings (SSSR count). The molecule has 0 amide bonds. The van der Waals surface area contributed by atoms with Crippen molar-refractivity contribution in [1.82, 2.24) is 0 Å². The minimum atomic E-state index is -3.57. The summed E-state index contributed by atoms with van der Waals surface area (Å²) in [5, 5.41) is 3.16. The molecular formula is C22H22N2O3S. The van der Waals surface area contributed by atoms with Crippen LogP contribution in [0.3, 0.4) is 0 Å². The number of aryl methyl sites for hydroxylation is 3. The Morgan fingerprint density at radius 3 is 2.36 bits per heavy atom. The summed E-state index contributed by atoms with van der Waals surface area (Å²) in [6.45, 7) is 2.45. The van der Waals surface area contributed by atoms with Gasteiger partial charge in [-0.05, 0) is 67.3 Å². The highest BCUT2D eigenvalue weighted by molar-refractivity contribution is 7.92. The number of hydrogen-bond donors (Lipinski definition) is 2. The topological polar surface area (TPSA) is 67.4 Å². The number of rotatable bonds is 6. The lowest BCUT2D eigenvalue weighted by Crippen LogP contribution is -2.12. The van der Waals surface area contributed by atoms with Gasteiger partial charge in [0, 0.05) is 5.69 Å². The Morgan fingerprint density at radius 2 is 1.61 bits per heavy atom. The standard InChI is InChI=1S/C22H22N2O3S/c1-16-2-11-20(12-3-16)28(25,26)24-19-9-6-17(7-10-19)4-5-18-8-13-21-22(14-18)27-15-23-21/h2-3,6-14,23-24H,4-5,15H2,1H3. The first-order valence-corrected chi connectivity index (χ1v) is 10.7. The summed E-state index contributed by atoms with van der Waals surface area (Å²) in [6.07, 6.45) is 1.77. The molecule has 0 atom stereocenters. The molecule has 0 fully saturated rings. The second-order valence-corrected chi connectivity index (χ2v) is 8.59. The summed E-state index contributed by atoms with van der Waals surface area (Å²) in [5.74, 6) is 0.901. The van der Waals surface area contributed by atoms with E-state index in [2.05, 4.69) is 22.2 Å². The van der Waals surface area contributed by atoms with Crippen LogP contribution in [0.1, 0.15) is 16.7 Å². The predicted molar refractivity (Wildman–Crippen MR) is 111 cm³/mol. The van der Waals surface area contributed by atoms with Crippen LogP contribution in [0.15, 0.2) is 71.6 Å². The van der Waals surface area contributed by atoms with Crippen LogP contribution in [0.25, 0.3) is 0 Å². The van der Waals surface area contributed by atoms with E-state index < -0.39 is 10.0 Å². The van der Waals surface area contributed by atoms with E-state index in [-0.39, 0.29) is 4.90 Å². The third-order valence-corrected chi connectivity index (χ3v) is 6.17. The van der Waals surface area contributed by atoms with Gasteiger partial charge in [0.15, 0.2) is 6.73 Å². The molecule has 6 heteroatoms. The molecule has 5 nitrogen and oxygen atoms in total. The van der Waals surface area contributed by atoms with E-state index in [0.29, 0.717) is 12.4 Å². The Bertz CT molecular complexity index is 1080. The van der Waals surface area contributed by atoms with Crippen LogP contribution in [0.5, 0.6) is 5.75 Å². The van der Waals surface area contributed by atoms with E-state index in [0.717, 1.165) is 35.4 Å². The van der Waals surface area contributed by atoms with Crippen LogP contribution >= 0.6 is 0 Å². The summed E-state index contributed by atoms with van der Waals surface area (Å²) in [7, 11) is -3.57. The van der Waals surface area contributed by atoms with Gasteiger partial charge in [-0.15, -0.1) is 0 Å². The summed E-state index contributed by atoms with van der Waals surface area (Å²) < 4.78 is 33.1. The summed E-state index contributed by atoms with van der Waals surface area (Å²) in [6, 6.07) is 20.5. The molecule has 0 spiro atoms. The maximum absolute atomic E-state index is 12.5. The van der Waals surface area contributed by atoms with Crippen molar-refractivity contribution >= 4 is 21.4 Å². The maximum Gasteiger partial charge on any atom is 0.261 e. The van der Waals surface area contributed by atoms with Crippen molar-refractivity contribution in [3.63, 3.8) is 0 Å². The van der Waals surface area contributed by atoms with Crippen LogP contribution in [0.2, 0.25) is 0 Å². The first kappa shape index (κ1) is 18.4. The molecule has 1 aliphatic rings. The number of sulfonamides is 1. The molecule has 1 heterocycles.